The topological polar surface area (TPSA) is 249 Å². The molecule has 0 aliphatic rings. The summed E-state index contributed by atoms with van der Waals surface area (Å²) in [6.45, 7) is 1.75. The molecule has 0 heterocycles. The third-order valence-corrected chi connectivity index (χ3v) is 6.48. The zero-order valence-corrected chi connectivity index (χ0v) is 23.4. The fourth-order valence-electron chi connectivity index (χ4n) is 4.04. The van der Waals surface area contributed by atoms with Crippen molar-refractivity contribution < 1.29 is 33.9 Å². The number of amides is 6. The van der Waals surface area contributed by atoms with Gasteiger partial charge in [-0.2, -0.15) is 0 Å². The zero-order chi connectivity index (χ0) is 31.2. The van der Waals surface area contributed by atoms with Gasteiger partial charge in [-0.3, -0.25) is 29.3 Å². The number of imide groups is 1. The number of fused-ring (bicyclic) bond motifs is 1. The second-order valence-corrected chi connectivity index (χ2v) is 9.92. The number of primary amides is 1. The van der Waals surface area contributed by atoms with E-state index in [0.717, 1.165) is 16.3 Å². The maximum Gasteiger partial charge on any atom is 0.322 e. The van der Waals surface area contributed by atoms with E-state index >= 15 is 0 Å². The Morgan fingerprint density at radius 2 is 1.50 bits per heavy atom. The van der Waals surface area contributed by atoms with Gasteiger partial charge in [0.1, 0.15) is 18.1 Å². The van der Waals surface area contributed by atoms with E-state index in [1.165, 1.54) is 6.92 Å². The average molecular weight is 586 g/mol. The van der Waals surface area contributed by atoms with Gasteiger partial charge in [0, 0.05) is 12.8 Å². The van der Waals surface area contributed by atoms with Crippen LogP contribution in [0.15, 0.2) is 42.5 Å². The fourth-order valence-corrected chi connectivity index (χ4v) is 4.04. The highest BCUT2D eigenvalue weighted by atomic mass is 16.4. The van der Waals surface area contributed by atoms with Crippen LogP contribution in [0.2, 0.25) is 0 Å². The van der Waals surface area contributed by atoms with Crippen molar-refractivity contribution in [2.24, 2.45) is 17.2 Å². The van der Waals surface area contributed by atoms with Crippen LogP contribution >= 0.6 is 0 Å². The molecule has 0 unspecified atom stereocenters. The molecule has 0 aliphatic carbocycles. The number of carboxylic acid groups (broad SMARTS) is 1. The Kier molecular flexibility index (Phi) is 13.3. The highest BCUT2D eigenvalue weighted by Gasteiger charge is 2.29. The smallest absolute Gasteiger partial charge is 0.322 e. The molecule has 2 aromatic carbocycles. The third kappa shape index (κ3) is 11.1. The van der Waals surface area contributed by atoms with E-state index in [1.807, 2.05) is 47.8 Å². The normalized spacial score (nSPS) is 13.7. The van der Waals surface area contributed by atoms with Crippen LogP contribution in [0.25, 0.3) is 10.8 Å². The molecular formula is C28H39N7O7. The van der Waals surface area contributed by atoms with Crippen molar-refractivity contribution in [1.82, 2.24) is 21.3 Å². The first kappa shape index (κ1) is 33.6. The van der Waals surface area contributed by atoms with E-state index in [0.29, 0.717) is 19.4 Å². The number of hydrogen-bond acceptors (Lipinski definition) is 8. The highest BCUT2D eigenvalue weighted by molar-refractivity contribution is 5.99. The molecule has 0 spiro atoms. The quantitative estimate of drug-likeness (QED) is 0.117. The predicted molar refractivity (Wildman–Crippen MR) is 155 cm³/mol. The number of unbranched alkanes of at least 4 members (excludes halogenated alkanes) is 1. The number of aliphatic carboxylic acids is 1. The van der Waals surface area contributed by atoms with Crippen molar-refractivity contribution in [3.05, 3.63) is 48.0 Å². The molecule has 228 valence electrons. The molecule has 0 saturated carbocycles. The zero-order valence-electron chi connectivity index (χ0n) is 23.4. The van der Waals surface area contributed by atoms with Crippen LogP contribution in [0.3, 0.4) is 0 Å². The summed E-state index contributed by atoms with van der Waals surface area (Å²) in [7, 11) is 0. The molecule has 14 heteroatoms. The lowest BCUT2D eigenvalue weighted by atomic mass is 10.00. The molecular weight excluding hydrogens is 546 g/mol. The highest BCUT2D eigenvalue weighted by Crippen LogP contribution is 2.17. The van der Waals surface area contributed by atoms with Gasteiger partial charge in [-0.15, -0.1) is 0 Å². The molecule has 6 amide bonds. The van der Waals surface area contributed by atoms with E-state index in [1.54, 1.807) is 0 Å². The largest absolute Gasteiger partial charge is 0.481 e. The minimum atomic E-state index is -1.25. The lowest BCUT2D eigenvalue weighted by molar-refractivity contribution is -0.137. The Morgan fingerprint density at radius 1 is 0.833 bits per heavy atom. The summed E-state index contributed by atoms with van der Waals surface area (Å²) in [5.41, 5.74) is 17.2. The summed E-state index contributed by atoms with van der Waals surface area (Å²) in [4.78, 5) is 73.6. The molecule has 0 aromatic heterocycles. The van der Waals surface area contributed by atoms with Crippen LogP contribution in [-0.2, 0) is 30.4 Å². The number of rotatable bonds is 16. The number of hydrogen-bond donors (Lipinski definition) is 8. The molecule has 14 nitrogen and oxygen atoms in total. The molecule has 0 fully saturated rings. The SMILES string of the molecule is C[C@H](NC(=O)[C@H](Cc1ccc2ccccc2c1)NC(=O)[C@H](CCCCN)NC(=O)NC(=O)[C@@H](N)CCC(=O)O)C(N)=O. The van der Waals surface area contributed by atoms with E-state index < -0.39 is 59.8 Å². The van der Waals surface area contributed by atoms with E-state index in [2.05, 4.69) is 16.0 Å². The predicted octanol–water partition coefficient (Wildman–Crippen LogP) is -0.627. The van der Waals surface area contributed by atoms with Gasteiger partial charge in [0.25, 0.3) is 0 Å². The van der Waals surface area contributed by atoms with Gasteiger partial charge in [-0.05, 0) is 55.5 Å². The number of nitrogens with one attached hydrogen (secondary N) is 4. The van der Waals surface area contributed by atoms with Crippen molar-refractivity contribution in [2.75, 3.05) is 6.54 Å². The first-order valence-corrected chi connectivity index (χ1v) is 13.6. The molecule has 4 atom stereocenters. The first-order valence-electron chi connectivity index (χ1n) is 13.6. The van der Waals surface area contributed by atoms with Crippen LogP contribution < -0.4 is 38.5 Å². The fraction of sp³-hybridized carbons (Fsp3) is 0.429. The Hall–Kier alpha value is -4.56. The van der Waals surface area contributed by atoms with Crippen LogP contribution in [0.5, 0.6) is 0 Å². The lowest BCUT2D eigenvalue weighted by Gasteiger charge is -2.24. The molecule has 2 aromatic rings. The van der Waals surface area contributed by atoms with Crippen molar-refractivity contribution in [3.8, 4) is 0 Å². The summed E-state index contributed by atoms with van der Waals surface area (Å²) in [6, 6.07) is 7.61. The molecule has 0 aliphatic heterocycles. The van der Waals surface area contributed by atoms with Crippen molar-refractivity contribution >= 4 is 46.4 Å². The van der Waals surface area contributed by atoms with Crippen molar-refractivity contribution in [2.45, 2.75) is 69.6 Å². The maximum absolute atomic E-state index is 13.4. The standard InChI is InChI=1S/C28H39N7O7/c1-16(24(31)38)32-27(41)22(15-17-9-10-18-6-2-3-7-19(18)14-17)33-26(40)21(8-4-5-13-29)34-28(42)35-25(39)20(30)11-12-23(36)37/h2-3,6-7,9-10,14,16,20-22H,4-5,8,11-13,15,29-30H2,1H3,(H2,31,38)(H,32,41)(H,33,40)(H,36,37)(H2,34,35,39,42)/t16-,20-,21-,22-/m0/s1. The summed E-state index contributed by atoms with van der Waals surface area (Å²) >= 11 is 0. The summed E-state index contributed by atoms with van der Waals surface area (Å²) in [6.07, 6.45) is 0.633. The molecule has 0 saturated heterocycles. The van der Waals surface area contributed by atoms with Crippen LogP contribution in [-0.4, -0.2) is 71.4 Å². The summed E-state index contributed by atoms with van der Waals surface area (Å²) in [5, 5.41) is 20.2. The Labute approximate surface area is 243 Å². The van der Waals surface area contributed by atoms with Crippen LogP contribution in [0, 0.1) is 0 Å². The summed E-state index contributed by atoms with van der Waals surface area (Å²) < 4.78 is 0. The van der Waals surface area contributed by atoms with Gasteiger partial charge < -0.3 is 38.3 Å². The van der Waals surface area contributed by atoms with Gasteiger partial charge in [-0.25, -0.2) is 4.79 Å². The summed E-state index contributed by atoms with van der Waals surface area (Å²) in [5.74, 6) is -4.19. The van der Waals surface area contributed by atoms with Gasteiger partial charge in [-0.1, -0.05) is 42.5 Å². The first-order chi connectivity index (χ1) is 19.9. The number of benzene rings is 2. The Bertz CT molecular complexity index is 1290. The second-order valence-electron chi connectivity index (χ2n) is 9.92. The number of nitrogens with two attached hydrogens (primary N) is 3. The molecule has 0 bridgehead atoms. The molecule has 42 heavy (non-hydrogen) atoms. The van der Waals surface area contributed by atoms with Crippen LogP contribution in [0.4, 0.5) is 4.79 Å². The monoisotopic (exact) mass is 585 g/mol. The minimum Gasteiger partial charge on any atom is -0.481 e. The Morgan fingerprint density at radius 3 is 2.14 bits per heavy atom. The average Bonchev–Trinajstić information content (AvgIpc) is 2.94. The van der Waals surface area contributed by atoms with Crippen LogP contribution in [0.1, 0.15) is 44.6 Å². The van der Waals surface area contributed by atoms with Crippen molar-refractivity contribution in [3.63, 3.8) is 0 Å². The van der Waals surface area contributed by atoms with E-state index in [4.69, 9.17) is 22.3 Å². The molecule has 0 radical (unpaired) electrons. The minimum absolute atomic E-state index is 0.0620. The van der Waals surface area contributed by atoms with Gasteiger partial charge in [0.15, 0.2) is 0 Å². The number of urea groups is 1. The third-order valence-electron chi connectivity index (χ3n) is 6.48. The maximum atomic E-state index is 13.4. The molecule has 11 N–H and O–H groups in total. The molecule has 2 rings (SSSR count). The van der Waals surface area contributed by atoms with Crippen molar-refractivity contribution in [1.29, 1.82) is 0 Å². The van der Waals surface area contributed by atoms with E-state index in [-0.39, 0.29) is 25.7 Å². The number of carbonyl (C=O) groups is 6. The lowest BCUT2D eigenvalue weighted by Crippen LogP contribution is -2.58. The number of carbonyl (C=O) groups excluding carboxylic acids is 5. The van der Waals surface area contributed by atoms with Gasteiger partial charge in [0.2, 0.25) is 23.6 Å². The van der Waals surface area contributed by atoms with Gasteiger partial charge in [0.05, 0.1) is 6.04 Å². The Balaban J connectivity index is 2.21. The second kappa shape index (κ2) is 16.6. The van der Waals surface area contributed by atoms with Gasteiger partial charge >= 0.3 is 12.0 Å². The number of carboxylic acids is 1. The van der Waals surface area contributed by atoms with E-state index in [9.17, 15) is 28.8 Å².